The summed E-state index contributed by atoms with van der Waals surface area (Å²) >= 11 is 0. The Morgan fingerprint density at radius 3 is 2.55 bits per heavy atom. The fraction of sp³-hybridized carbons (Fsp3) is 0.273. The third kappa shape index (κ3) is 1.78. The molecule has 1 aliphatic heterocycles. The van der Waals surface area contributed by atoms with Gasteiger partial charge in [-0.05, 0) is 6.07 Å². The molecule has 1 aromatic heterocycles. The second-order valence-corrected chi connectivity index (χ2v) is 5.93. The van der Waals surface area contributed by atoms with Crippen LogP contribution in [0.25, 0.3) is 10.9 Å². The summed E-state index contributed by atoms with van der Waals surface area (Å²) < 4.78 is 36.6. The third-order valence-corrected chi connectivity index (χ3v) is 4.10. The Kier molecular flexibility index (Phi) is 2.61. The number of hydrogen-bond acceptors (Lipinski definition) is 6. The van der Waals surface area contributed by atoms with Crippen LogP contribution in [-0.2, 0) is 15.9 Å². The molecular formula is C11H11N3O5S. The molecule has 0 saturated carbocycles. The standard InChI is InChI=1S/C11H11N3O5S/c1-18-8-3-6-7(4-9(8)19-2)12-11-13-20(16,17)5-14(11)10(6)15/h3-4H,5H2,1-2H3,(H,12,13). The second-order valence-electron chi connectivity index (χ2n) is 4.24. The van der Waals surface area contributed by atoms with Gasteiger partial charge in [0.25, 0.3) is 15.6 Å². The molecule has 0 unspecified atom stereocenters. The third-order valence-electron chi connectivity index (χ3n) is 3.01. The van der Waals surface area contributed by atoms with Crippen molar-refractivity contribution in [2.24, 2.45) is 0 Å². The summed E-state index contributed by atoms with van der Waals surface area (Å²) in [5, 5.41) is 0.269. The first-order valence-corrected chi connectivity index (χ1v) is 7.27. The fourth-order valence-corrected chi connectivity index (χ4v) is 3.17. The van der Waals surface area contributed by atoms with Crippen LogP contribution in [0.4, 0.5) is 5.95 Å². The molecule has 0 aliphatic carbocycles. The first-order chi connectivity index (χ1) is 9.45. The van der Waals surface area contributed by atoms with Crippen molar-refractivity contribution in [1.29, 1.82) is 0 Å². The smallest absolute Gasteiger partial charge is 0.263 e. The molecule has 8 nitrogen and oxygen atoms in total. The Balaban J connectivity index is 2.36. The van der Waals surface area contributed by atoms with Gasteiger partial charge >= 0.3 is 0 Å². The Bertz CT molecular complexity index is 872. The van der Waals surface area contributed by atoms with Crippen LogP contribution in [0.3, 0.4) is 0 Å². The zero-order chi connectivity index (χ0) is 14.5. The first kappa shape index (κ1) is 12.7. The highest BCUT2D eigenvalue weighted by molar-refractivity contribution is 7.92. The van der Waals surface area contributed by atoms with Gasteiger partial charge in [-0.3, -0.25) is 14.1 Å². The summed E-state index contributed by atoms with van der Waals surface area (Å²) in [6.45, 7) is 0. The Morgan fingerprint density at radius 2 is 1.90 bits per heavy atom. The van der Waals surface area contributed by atoms with E-state index in [1.165, 1.54) is 26.4 Å². The minimum absolute atomic E-state index is 0.00900. The number of methoxy groups -OCH3 is 2. The van der Waals surface area contributed by atoms with E-state index in [-0.39, 0.29) is 11.3 Å². The largest absolute Gasteiger partial charge is 0.493 e. The SMILES string of the molecule is COc1cc2nc3n(c(=O)c2cc1OC)CS(=O)(=O)N3. The number of sulfonamides is 1. The van der Waals surface area contributed by atoms with Crippen molar-refractivity contribution in [3.8, 4) is 11.5 Å². The monoisotopic (exact) mass is 297 g/mol. The summed E-state index contributed by atoms with van der Waals surface area (Å²) in [6, 6.07) is 3.02. The highest BCUT2D eigenvalue weighted by Crippen LogP contribution is 2.31. The van der Waals surface area contributed by atoms with Crippen molar-refractivity contribution in [3.63, 3.8) is 0 Å². The van der Waals surface area contributed by atoms with E-state index in [4.69, 9.17) is 9.47 Å². The number of anilines is 1. The number of nitrogens with one attached hydrogen (secondary N) is 1. The van der Waals surface area contributed by atoms with Crippen LogP contribution < -0.4 is 19.8 Å². The predicted molar refractivity (Wildman–Crippen MR) is 71.6 cm³/mol. The number of ether oxygens (including phenoxy) is 2. The Labute approximate surface area is 114 Å². The van der Waals surface area contributed by atoms with E-state index in [1.54, 1.807) is 0 Å². The maximum atomic E-state index is 12.3. The number of fused-ring (bicyclic) bond motifs is 2. The number of aromatic nitrogens is 2. The molecule has 1 aromatic carbocycles. The lowest BCUT2D eigenvalue weighted by atomic mass is 10.2. The van der Waals surface area contributed by atoms with Gasteiger partial charge in [-0.2, -0.15) is 0 Å². The lowest BCUT2D eigenvalue weighted by molar-refractivity contribution is 0.355. The van der Waals surface area contributed by atoms with Crippen molar-refractivity contribution in [2.45, 2.75) is 5.88 Å². The molecule has 0 amide bonds. The highest BCUT2D eigenvalue weighted by atomic mass is 32.2. The fourth-order valence-electron chi connectivity index (χ4n) is 2.09. The summed E-state index contributed by atoms with van der Waals surface area (Å²) in [6.07, 6.45) is 0. The van der Waals surface area contributed by atoms with Crippen molar-refractivity contribution in [1.82, 2.24) is 9.55 Å². The molecule has 2 aromatic rings. The van der Waals surface area contributed by atoms with Crippen LogP contribution in [0.5, 0.6) is 11.5 Å². The van der Waals surface area contributed by atoms with E-state index >= 15 is 0 Å². The molecule has 0 spiro atoms. The first-order valence-electron chi connectivity index (χ1n) is 5.62. The summed E-state index contributed by atoms with van der Waals surface area (Å²) in [7, 11) is -0.632. The van der Waals surface area contributed by atoms with Crippen molar-refractivity contribution in [2.75, 3.05) is 18.9 Å². The van der Waals surface area contributed by atoms with Gasteiger partial charge in [-0.1, -0.05) is 0 Å². The zero-order valence-corrected chi connectivity index (χ0v) is 11.5. The lowest BCUT2D eigenvalue weighted by Crippen LogP contribution is -2.19. The van der Waals surface area contributed by atoms with Crippen LogP contribution in [-0.4, -0.2) is 32.2 Å². The van der Waals surface area contributed by atoms with Crippen LogP contribution in [0.15, 0.2) is 16.9 Å². The van der Waals surface area contributed by atoms with Gasteiger partial charge in [0.15, 0.2) is 17.4 Å². The Hall–Kier alpha value is -2.29. The van der Waals surface area contributed by atoms with Crippen LogP contribution in [0.2, 0.25) is 0 Å². The summed E-state index contributed by atoms with van der Waals surface area (Å²) in [4.78, 5) is 16.4. The van der Waals surface area contributed by atoms with Gasteiger partial charge in [0.1, 0.15) is 0 Å². The molecule has 20 heavy (non-hydrogen) atoms. The molecule has 0 saturated heterocycles. The normalized spacial score (nSPS) is 15.7. The van der Waals surface area contributed by atoms with E-state index < -0.39 is 21.5 Å². The quantitative estimate of drug-likeness (QED) is 0.845. The minimum Gasteiger partial charge on any atom is -0.493 e. The maximum absolute atomic E-state index is 12.3. The van der Waals surface area contributed by atoms with E-state index in [9.17, 15) is 13.2 Å². The molecule has 0 fully saturated rings. The molecule has 106 valence electrons. The van der Waals surface area contributed by atoms with E-state index in [1.807, 2.05) is 0 Å². The summed E-state index contributed by atoms with van der Waals surface area (Å²) in [5.74, 6) is 0.374. The number of benzene rings is 1. The summed E-state index contributed by atoms with van der Waals surface area (Å²) in [5.41, 5.74) is -0.108. The van der Waals surface area contributed by atoms with Gasteiger partial charge in [0, 0.05) is 6.07 Å². The molecule has 3 rings (SSSR count). The topological polar surface area (TPSA) is 99.5 Å². The van der Waals surface area contributed by atoms with Crippen LogP contribution >= 0.6 is 0 Å². The van der Waals surface area contributed by atoms with E-state index in [2.05, 4.69) is 9.71 Å². The predicted octanol–water partition coefficient (Wildman–Crippen LogP) is 0.126. The van der Waals surface area contributed by atoms with Crippen molar-refractivity contribution < 1.29 is 17.9 Å². The molecule has 0 radical (unpaired) electrons. The highest BCUT2D eigenvalue weighted by Gasteiger charge is 2.27. The minimum atomic E-state index is -3.55. The van der Waals surface area contributed by atoms with Gasteiger partial charge < -0.3 is 9.47 Å². The average Bonchev–Trinajstić information content (AvgIpc) is 2.72. The molecule has 1 N–H and O–H groups in total. The van der Waals surface area contributed by atoms with Gasteiger partial charge in [0.05, 0.1) is 25.1 Å². The Morgan fingerprint density at radius 1 is 1.25 bits per heavy atom. The maximum Gasteiger partial charge on any atom is 0.263 e. The average molecular weight is 297 g/mol. The zero-order valence-electron chi connectivity index (χ0n) is 10.7. The van der Waals surface area contributed by atoms with Gasteiger partial charge in [-0.25, -0.2) is 13.4 Å². The molecule has 2 heterocycles. The lowest BCUT2D eigenvalue weighted by Gasteiger charge is -2.09. The molecule has 9 heteroatoms. The van der Waals surface area contributed by atoms with E-state index in [0.29, 0.717) is 17.0 Å². The van der Waals surface area contributed by atoms with Crippen molar-refractivity contribution >= 4 is 26.9 Å². The van der Waals surface area contributed by atoms with Crippen LogP contribution in [0, 0.1) is 0 Å². The van der Waals surface area contributed by atoms with Gasteiger partial charge in [-0.15, -0.1) is 0 Å². The van der Waals surface area contributed by atoms with Crippen molar-refractivity contribution in [3.05, 3.63) is 22.5 Å². The molecule has 0 bridgehead atoms. The number of nitrogens with zero attached hydrogens (tertiary/aromatic N) is 2. The van der Waals surface area contributed by atoms with Crippen LogP contribution in [0.1, 0.15) is 0 Å². The molecule has 0 atom stereocenters. The molecular weight excluding hydrogens is 286 g/mol. The van der Waals surface area contributed by atoms with E-state index in [0.717, 1.165) is 4.57 Å². The molecule has 1 aliphatic rings. The number of hydrogen-bond donors (Lipinski definition) is 1. The van der Waals surface area contributed by atoms with Gasteiger partial charge in [0.2, 0.25) is 5.95 Å². The number of rotatable bonds is 2. The second kappa shape index (κ2) is 4.10.